The summed E-state index contributed by atoms with van der Waals surface area (Å²) in [5, 5.41) is 6.89. The van der Waals surface area contributed by atoms with Gasteiger partial charge in [0.15, 0.2) is 0 Å². The average Bonchev–Trinajstić information content (AvgIpc) is 3.61. The maximum atomic E-state index is 9.25. The van der Waals surface area contributed by atoms with Crippen LogP contribution in [0, 0.1) is 29.8 Å². The first-order valence-corrected chi connectivity index (χ1v) is 18.5. The maximum Gasteiger partial charge on any atom is 0.129 e. The Hall–Kier alpha value is -4.63. The number of nitrogens with zero attached hydrogens (tertiary/aromatic N) is 2. The number of furan rings is 1. The Morgan fingerprint density at radius 3 is 2.35 bits per heavy atom. The van der Waals surface area contributed by atoms with Crippen molar-refractivity contribution in [2.24, 2.45) is 10.8 Å². The van der Waals surface area contributed by atoms with Crippen LogP contribution in [-0.2, 0) is 26.5 Å². The van der Waals surface area contributed by atoms with Crippen molar-refractivity contribution in [3.05, 3.63) is 144 Å². The predicted octanol–water partition coefficient (Wildman–Crippen LogP) is 13.9. The van der Waals surface area contributed by atoms with Crippen LogP contribution in [0.1, 0.15) is 91.1 Å². The zero-order valence-corrected chi connectivity index (χ0v) is 33.8. The van der Waals surface area contributed by atoms with E-state index in [1.54, 1.807) is 24.3 Å². The maximum absolute atomic E-state index is 9.25. The molecule has 0 bridgehead atoms. The van der Waals surface area contributed by atoms with Gasteiger partial charge in [0.2, 0.25) is 0 Å². The second-order valence-corrected chi connectivity index (χ2v) is 16.0. The molecular formula is C50H48IrN2O-2. The minimum absolute atomic E-state index is 0. The number of aromatic nitrogens is 2. The first kappa shape index (κ1) is 30.7. The molecule has 4 heteroatoms. The topological polar surface area (TPSA) is 38.9 Å². The quantitative estimate of drug-likeness (QED) is 0.131. The molecule has 3 aromatic heterocycles. The standard InChI is InChI=1S/C33H28NO.C17H20N.Ir/c1-33(2)17-14-21(15-18-33)24-16-19-34-29(20-24)28-9-5-8-26-27-13-12-23-11-10-22-6-3-4-7-25(22)30(23)32(27)35-31(26)28;1-13-5-8-15(9-6-13)16-10-7-14(12-18-16)11-17(2,3)4;/h3-8,10-13,16,19-21H,14-15,17-18H2,1-2H3;5-8,10,12H,11H2,1-4H3;/q2*-1;/i21D;1D3,11D2;. The minimum Gasteiger partial charge on any atom is -0.500 e. The number of fused-ring (bicyclic) bond motifs is 7. The van der Waals surface area contributed by atoms with E-state index >= 15 is 0 Å². The van der Waals surface area contributed by atoms with Crippen LogP contribution < -0.4 is 0 Å². The summed E-state index contributed by atoms with van der Waals surface area (Å²) in [4.78, 5) is 9.03. The molecule has 3 heterocycles. The number of aryl methyl sites for hydroxylation is 1. The van der Waals surface area contributed by atoms with Crippen molar-refractivity contribution < 1.29 is 32.7 Å². The van der Waals surface area contributed by atoms with E-state index in [0.29, 0.717) is 22.2 Å². The summed E-state index contributed by atoms with van der Waals surface area (Å²) < 4.78 is 54.5. The van der Waals surface area contributed by atoms with E-state index < -0.39 is 24.5 Å². The predicted molar refractivity (Wildman–Crippen MR) is 222 cm³/mol. The van der Waals surface area contributed by atoms with Crippen LogP contribution in [0.4, 0.5) is 0 Å². The van der Waals surface area contributed by atoms with Crippen molar-refractivity contribution in [2.45, 2.75) is 79.4 Å². The summed E-state index contributed by atoms with van der Waals surface area (Å²) in [6.07, 6.45) is 5.78. The van der Waals surface area contributed by atoms with Crippen molar-refractivity contribution in [2.75, 3.05) is 0 Å². The summed E-state index contributed by atoms with van der Waals surface area (Å²) in [7, 11) is 0. The first-order valence-electron chi connectivity index (χ1n) is 21.5. The molecule has 1 fully saturated rings. The van der Waals surface area contributed by atoms with Gasteiger partial charge in [0.1, 0.15) is 5.58 Å². The number of hydrogen-bond acceptors (Lipinski definition) is 3. The normalized spacial score (nSPS) is 17.3. The second kappa shape index (κ2) is 15.2. The summed E-state index contributed by atoms with van der Waals surface area (Å²) in [5.74, 6) is -0.565. The first-order chi connectivity index (χ1) is 27.8. The van der Waals surface area contributed by atoms with Crippen LogP contribution in [0.5, 0.6) is 0 Å². The molecule has 0 unspecified atom stereocenters. The van der Waals surface area contributed by atoms with Gasteiger partial charge in [-0.3, -0.25) is 0 Å². The molecule has 275 valence electrons. The van der Waals surface area contributed by atoms with E-state index in [4.69, 9.17) is 16.3 Å². The van der Waals surface area contributed by atoms with Crippen molar-refractivity contribution in [3.63, 3.8) is 0 Å². The third kappa shape index (κ3) is 7.92. The van der Waals surface area contributed by atoms with Crippen molar-refractivity contribution in [1.82, 2.24) is 9.97 Å². The Labute approximate surface area is 342 Å². The molecule has 9 rings (SSSR count). The molecule has 54 heavy (non-hydrogen) atoms. The van der Waals surface area contributed by atoms with Crippen LogP contribution >= 0.6 is 0 Å². The van der Waals surface area contributed by atoms with Gasteiger partial charge in [-0.05, 0) is 88.0 Å². The molecule has 0 N–H and O–H groups in total. The summed E-state index contributed by atoms with van der Waals surface area (Å²) in [5.41, 5.74) is 6.29. The Morgan fingerprint density at radius 2 is 1.61 bits per heavy atom. The van der Waals surface area contributed by atoms with Crippen LogP contribution in [0.3, 0.4) is 0 Å². The molecule has 0 amide bonds. The molecule has 1 aliphatic carbocycles. The summed E-state index contributed by atoms with van der Waals surface area (Å²) >= 11 is 0. The SMILES string of the molecule is [2H]C([2H])([2H])c1c[c-]c(-c2ccc(C([2H])([2H])C(C)(C)C)cn2)cc1.[2H]C1(c2ccnc(-c3[c-]ccc4c3oc3c4ccc4ccc5ccccc5c43)c2)CCC(C)(C)CC1.[Ir]. The molecule has 0 aliphatic heterocycles. The van der Waals surface area contributed by atoms with Gasteiger partial charge in [-0.1, -0.05) is 125 Å². The zero-order chi connectivity index (χ0) is 42.0. The largest absolute Gasteiger partial charge is 0.500 e. The Balaban J connectivity index is 0.000000198. The van der Waals surface area contributed by atoms with E-state index in [2.05, 4.69) is 91.6 Å². The van der Waals surface area contributed by atoms with Crippen LogP contribution in [-0.4, -0.2) is 9.97 Å². The van der Waals surface area contributed by atoms with Crippen LogP contribution in [0.2, 0.25) is 0 Å². The molecule has 3 nitrogen and oxygen atoms in total. The van der Waals surface area contributed by atoms with Gasteiger partial charge in [0, 0.05) is 51.5 Å². The Kier molecular flexibility index (Phi) is 8.66. The van der Waals surface area contributed by atoms with Gasteiger partial charge >= 0.3 is 0 Å². The van der Waals surface area contributed by atoms with E-state index in [9.17, 15) is 1.37 Å². The van der Waals surface area contributed by atoms with Gasteiger partial charge in [-0.15, -0.1) is 53.6 Å². The van der Waals surface area contributed by atoms with Gasteiger partial charge in [0.25, 0.3) is 0 Å². The van der Waals surface area contributed by atoms with Gasteiger partial charge in [0.05, 0.1) is 5.58 Å². The van der Waals surface area contributed by atoms with Gasteiger partial charge in [-0.25, -0.2) is 0 Å². The van der Waals surface area contributed by atoms with Crippen molar-refractivity contribution >= 4 is 43.5 Å². The van der Waals surface area contributed by atoms with Crippen LogP contribution in [0.15, 0.2) is 120 Å². The molecule has 1 aliphatic rings. The molecule has 1 radical (unpaired) electrons. The average molecular weight is 891 g/mol. The summed E-state index contributed by atoms with van der Waals surface area (Å²) in [6, 6.07) is 39.8. The van der Waals surface area contributed by atoms with Crippen molar-refractivity contribution in [1.29, 1.82) is 0 Å². The van der Waals surface area contributed by atoms with Gasteiger partial charge < -0.3 is 14.4 Å². The number of pyridine rings is 2. The number of benzene rings is 5. The van der Waals surface area contributed by atoms with E-state index in [-0.39, 0.29) is 25.7 Å². The molecule has 0 spiro atoms. The molecular weight excluding hydrogens is 837 g/mol. The third-order valence-electron chi connectivity index (χ3n) is 10.3. The Morgan fingerprint density at radius 1 is 0.833 bits per heavy atom. The number of hydrogen-bond donors (Lipinski definition) is 0. The molecule has 8 aromatic rings. The van der Waals surface area contributed by atoms with Crippen LogP contribution in [0.25, 0.3) is 66.0 Å². The number of rotatable bonds is 4. The minimum atomic E-state index is -2.14. The van der Waals surface area contributed by atoms with E-state index in [1.165, 1.54) is 28.4 Å². The fourth-order valence-electron chi connectivity index (χ4n) is 7.43. The van der Waals surface area contributed by atoms with E-state index in [0.717, 1.165) is 69.8 Å². The van der Waals surface area contributed by atoms with Gasteiger partial charge in [-0.2, -0.15) is 0 Å². The monoisotopic (exact) mass is 891 g/mol. The molecule has 0 atom stereocenters. The van der Waals surface area contributed by atoms with Crippen molar-refractivity contribution in [3.8, 4) is 22.5 Å². The second-order valence-electron chi connectivity index (χ2n) is 16.0. The fraction of sp³-hybridized carbons (Fsp3) is 0.280. The third-order valence-corrected chi connectivity index (χ3v) is 10.3. The summed E-state index contributed by atoms with van der Waals surface area (Å²) in [6.45, 7) is 8.03. The molecule has 0 saturated heterocycles. The Bertz CT molecular complexity index is 2810. The smallest absolute Gasteiger partial charge is 0.129 e. The zero-order valence-electron chi connectivity index (χ0n) is 37.4. The molecule has 5 aromatic carbocycles. The molecule has 1 saturated carbocycles. The fourth-order valence-corrected chi connectivity index (χ4v) is 7.43. The van der Waals surface area contributed by atoms with E-state index in [1.807, 2.05) is 39.1 Å².